The maximum absolute atomic E-state index is 6.07. The summed E-state index contributed by atoms with van der Waals surface area (Å²) in [5.74, 6) is 1.74. The van der Waals surface area contributed by atoms with Gasteiger partial charge in [-0.15, -0.1) is 0 Å². The van der Waals surface area contributed by atoms with Crippen LogP contribution in [0.5, 0.6) is 0 Å². The Morgan fingerprint density at radius 2 is 2.23 bits per heavy atom. The summed E-state index contributed by atoms with van der Waals surface area (Å²) in [5.41, 5.74) is 7.78. The topological polar surface area (TPSA) is 68.2 Å². The highest BCUT2D eigenvalue weighted by Crippen LogP contribution is 2.23. The van der Waals surface area contributed by atoms with Crippen LogP contribution in [0.2, 0.25) is 0 Å². The normalized spacial score (nSPS) is 14.5. The first kappa shape index (κ1) is 15.1. The number of benzene rings is 1. The Hall–Kier alpha value is -1.86. The first-order chi connectivity index (χ1) is 10.7. The third-order valence-electron chi connectivity index (χ3n) is 3.29. The number of thioether (sulfide) groups is 1. The molecule has 5 nitrogen and oxygen atoms in total. The van der Waals surface area contributed by atoms with Crippen molar-refractivity contribution < 1.29 is 0 Å². The van der Waals surface area contributed by atoms with Gasteiger partial charge in [0.15, 0.2) is 15.8 Å². The first-order valence-corrected chi connectivity index (χ1v) is 8.48. The van der Waals surface area contributed by atoms with E-state index in [-0.39, 0.29) is 0 Å². The lowest BCUT2D eigenvalue weighted by Crippen LogP contribution is -2.25. The highest BCUT2D eigenvalue weighted by Gasteiger charge is 2.12. The van der Waals surface area contributed by atoms with Crippen LogP contribution >= 0.6 is 24.0 Å². The number of aromatic nitrogens is 2. The second-order valence-electron chi connectivity index (χ2n) is 4.93. The fourth-order valence-corrected chi connectivity index (χ4v) is 3.34. The molecule has 1 aromatic carbocycles. The number of anilines is 1. The standard InChI is InChI=1S/C15H17N5S2/c16-12-9-13(19-15-20(12)7-4-8-22-15)18-14(21)17-10-11-5-2-1-3-6-11/h1-3,5-6,9H,4,7-8,10,16H2,(H,17,21). The fourth-order valence-electron chi connectivity index (χ4n) is 2.21. The summed E-state index contributed by atoms with van der Waals surface area (Å²) < 4.78 is 2.02. The van der Waals surface area contributed by atoms with Gasteiger partial charge >= 0.3 is 0 Å². The zero-order chi connectivity index (χ0) is 15.4. The van der Waals surface area contributed by atoms with Crippen molar-refractivity contribution >= 4 is 34.9 Å². The highest BCUT2D eigenvalue weighted by molar-refractivity contribution is 7.99. The molecule has 2 heterocycles. The van der Waals surface area contributed by atoms with Crippen molar-refractivity contribution in [2.75, 3.05) is 11.5 Å². The van der Waals surface area contributed by atoms with Crippen molar-refractivity contribution in [3.05, 3.63) is 47.4 Å². The van der Waals surface area contributed by atoms with Crippen LogP contribution in [0.4, 0.5) is 5.82 Å². The van der Waals surface area contributed by atoms with Gasteiger partial charge in [-0.25, -0.2) is 9.98 Å². The molecule has 0 spiro atoms. The van der Waals surface area contributed by atoms with Gasteiger partial charge in [-0.3, -0.25) is 0 Å². The second-order valence-corrected chi connectivity index (χ2v) is 6.38. The van der Waals surface area contributed by atoms with E-state index < -0.39 is 0 Å². The minimum Gasteiger partial charge on any atom is -0.385 e. The molecular weight excluding hydrogens is 314 g/mol. The molecule has 2 aromatic rings. The van der Waals surface area contributed by atoms with E-state index in [1.807, 2.05) is 34.9 Å². The molecule has 3 rings (SSSR count). The molecule has 0 unspecified atom stereocenters. The average molecular weight is 331 g/mol. The fraction of sp³-hybridized carbons (Fsp3) is 0.267. The van der Waals surface area contributed by atoms with Gasteiger partial charge in [0.2, 0.25) is 0 Å². The van der Waals surface area contributed by atoms with Gasteiger partial charge < -0.3 is 15.6 Å². The molecule has 114 valence electrons. The van der Waals surface area contributed by atoms with Gasteiger partial charge in [-0.1, -0.05) is 42.1 Å². The summed E-state index contributed by atoms with van der Waals surface area (Å²) in [6.45, 7) is 1.56. The molecule has 1 aliphatic heterocycles. The van der Waals surface area contributed by atoms with Crippen LogP contribution < -0.4 is 16.5 Å². The van der Waals surface area contributed by atoms with E-state index in [9.17, 15) is 0 Å². The molecule has 0 fully saturated rings. The Bertz CT molecular complexity index is 739. The summed E-state index contributed by atoms with van der Waals surface area (Å²) in [7, 11) is 0. The number of nitrogens with zero attached hydrogens (tertiary/aromatic N) is 3. The lowest BCUT2D eigenvalue weighted by Gasteiger charge is -2.19. The molecule has 0 bridgehead atoms. The van der Waals surface area contributed by atoms with Crippen LogP contribution in [-0.4, -0.2) is 20.4 Å². The minimum atomic E-state index is 0.418. The van der Waals surface area contributed by atoms with Crippen molar-refractivity contribution in [2.24, 2.45) is 4.99 Å². The lowest BCUT2D eigenvalue weighted by molar-refractivity contribution is 0.585. The number of hydrogen-bond donors (Lipinski definition) is 2. The number of nitrogens with two attached hydrogens (primary N) is 1. The molecule has 1 aliphatic rings. The Morgan fingerprint density at radius 3 is 3.05 bits per heavy atom. The van der Waals surface area contributed by atoms with E-state index in [1.54, 1.807) is 17.8 Å². The molecule has 3 N–H and O–H groups in total. The summed E-state index contributed by atoms with van der Waals surface area (Å²) >= 11 is 6.96. The van der Waals surface area contributed by atoms with Crippen LogP contribution in [0.3, 0.4) is 0 Å². The summed E-state index contributed by atoms with van der Waals surface area (Å²) in [4.78, 5) is 8.87. The molecule has 0 aliphatic carbocycles. The largest absolute Gasteiger partial charge is 0.385 e. The number of fused-ring (bicyclic) bond motifs is 1. The van der Waals surface area contributed by atoms with Crippen LogP contribution in [-0.2, 0) is 13.1 Å². The molecular formula is C15H17N5S2. The lowest BCUT2D eigenvalue weighted by atomic mass is 10.2. The number of nitrogen functional groups attached to an aromatic ring is 1. The van der Waals surface area contributed by atoms with Gasteiger partial charge in [0.05, 0.1) is 0 Å². The molecule has 0 saturated carbocycles. The second kappa shape index (κ2) is 6.93. The predicted octanol–water partition coefficient (Wildman–Crippen LogP) is 1.94. The first-order valence-electron chi connectivity index (χ1n) is 7.09. The summed E-state index contributed by atoms with van der Waals surface area (Å²) in [5, 5.41) is 4.45. The van der Waals surface area contributed by atoms with E-state index in [0.29, 0.717) is 23.0 Å². The molecule has 1 aromatic heterocycles. The Labute approximate surface area is 138 Å². The SMILES string of the molecule is Nc1cc(=NC(=S)NCc2ccccc2)nc2n1CCCS2. The van der Waals surface area contributed by atoms with Crippen molar-refractivity contribution in [3.8, 4) is 0 Å². The number of thiocarbonyl (C=S) groups is 1. The van der Waals surface area contributed by atoms with E-state index in [0.717, 1.165) is 29.4 Å². The smallest absolute Gasteiger partial charge is 0.195 e. The van der Waals surface area contributed by atoms with E-state index >= 15 is 0 Å². The molecule has 0 atom stereocenters. The molecule has 0 amide bonds. The van der Waals surface area contributed by atoms with Gasteiger partial charge in [-0.05, 0) is 24.2 Å². The molecule has 0 saturated heterocycles. The maximum Gasteiger partial charge on any atom is 0.195 e. The average Bonchev–Trinajstić information content (AvgIpc) is 2.54. The van der Waals surface area contributed by atoms with E-state index in [2.05, 4.69) is 15.3 Å². The van der Waals surface area contributed by atoms with E-state index in [1.165, 1.54) is 0 Å². The number of rotatable bonds is 2. The maximum atomic E-state index is 6.07. The van der Waals surface area contributed by atoms with E-state index in [4.69, 9.17) is 18.0 Å². The molecule has 22 heavy (non-hydrogen) atoms. The van der Waals surface area contributed by atoms with Crippen LogP contribution in [0.25, 0.3) is 0 Å². The van der Waals surface area contributed by atoms with Crippen LogP contribution in [0, 0.1) is 0 Å². The zero-order valence-electron chi connectivity index (χ0n) is 12.0. The Balaban J connectivity index is 1.74. The summed E-state index contributed by atoms with van der Waals surface area (Å²) in [6.07, 6.45) is 1.11. The highest BCUT2D eigenvalue weighted by atomic mass is 32.2. The monoisotopic (exact) mass is 331 g/mol. The summed E-state index contributed by atoms with van der Waals surface area (Å²) in [6, 6.07) is 11.8. The Kier molecular flexibility index (Phi) is 4.74. The Morgan fingerprint density at radius 1 is 1.41 bits per heavy atom. The van der Waals surface area contributed by atoms with Crippen molar-refractivity contribution in [1.82, 2.24) is 14.9 Å². The van der Waals surface area contributed by atoms with Crippen LogP contribution in [0.15, 0.2) is 46.5 Å². The van der Waals surface area contributed by atoms with Crippen LogP contribution in [0.1, 0.15) is 12.0 Å². The number of nitrogens with one attached hydrogen (secondary N) is 1. The van der Waals surface area contributed by atoms with Gasteiger partial charge in [-0.2, -0.15) is 0 Å². The van der Waals surface area contributed by atoms with Gasteiger partial charge in [0.25, 0.3) is 0 Å². The number of hydrogen-bond acceptors (Lipinski definition) is 4. The van der Waals surface area contributed by atoms with Crippen molar-refractivity contribution in [2.45, 2.75) is 24.7 Å². The van der Waals surface area contributed by atoms with Crippen molar-refractivity contribution in [1.29, 1.82) is 0 Å². The predicted molar refractivity (Wildman–Crippen MR) is 93.4 cm³/mol. The van der Waals surface area contributed by atoms with Gasteiger partial charge in [0, 0.05) is 24.9 Å². The van der Waals surface area contributed by atoms with Crippen molar-refractivity contribution in [3.63, 3.8) is 0 Å². The zero-order valence-corrected chi connectivity index (χ0v) is 13.7. The minimum absolute atomic E-state index is 0.418. The third-order valence-corrected chi connectivity index (χ3v) is 4.59. The quantitative estimate of drug-likeness (QED) is 0.650. The molecule has 7 heteroatoms. The third kappa shape index (κ3) is 3.66. The van der Waals surface area contributed by atoms with Gasteiger partial charge in [0.1, 0.15) is 5.82 Å². The molecule has 0 radical (unpaired) electrons.